The molecule has 2 aromatic rings. The number of benzene rings is 2. The van der Waals surface area contributed by atoms with E-state index in [1.54, 1.807) is 19.9 Å². The number of anilines is 2. The Bertz CT molecular complexity index is 1140. The molecule has 2 aromatic carbocycles. The van der Waals surface area contributed by atoms with Crippen LogP contribution in [0.5, 0.6) is 0 Å². The third-order valence-electron chi connectivity index (χ3n) is 4.40. The highest BCUT2D eigenvalue weighted by atomic mass is 32.2. The minimum atomic E-state index is -3.87. The van der Waals surface area contributed by atoms with Crippen LogP contribution in [0.2, 0.25) is 0 Å². The lowest BCUT2D eigenvalue weighted by Crippen LogP contribution is -2.29. The van der Waals surface area contributed by atoms with Crippen LogP contribution in [0.25, 0.3) is 0 Å². The van der Waals surface area contributed by atoms with E-state index in [-0.39, 0.29) is 22.8 Å². The van der Waals surface area contributed by atoms with Crippen molar-refractivity contribution in [2.45, 2.75) is 32.1 Å². The van der Waals surface area contributed by atoms with Crippen LogP contribution in [0.15, 0.2) is 41.3 Å². The van der Waals surface area contributed by atoms with Crippen molar-refractivity contribution in [1.29, 1.82) is 0 Å². The second-order valence-corrected chi connectivity index (χ2v) is 10.2. The Kier molecular flexibility index (Phi) is 4.77. The number of hydrogen-bond donors (Lipinski definition) is 1. The Morgan fingerprint density at radius 3 is 2.30 bits per heavy atom. The summed E-state index contributed by atoms with van der Waals surface area (Å²) in [6.45, 7) is 5.23. The minimum absolute atomic E-state index is 0.0243. The summed E-state index contributed by atoms with van der Waals surface area (Å²) < 4.78 is 53.0. The van der Waals surface area contributed by atoms with Gasteiger partial charge in [-0.05, 0) is 61.7 Å². The topological polar surface area (TPSA) is 101 Å². The average molecular weight is 409 g/mol. The summed E-state index contributed by atoms with van der Waals surface area (Å²) in [5.74, 6) is -0.752. The SMILES string of the molecule is Cc1ccc(C)c(NS(=O)(=O)c2ccc(N3C(=O)CCS3(=O)=O)cc2C)c1. The van der Waals surface area contributed by atoms with Gasteiger partial charge in [-0.15, -0.1) is 0 Å². The van der Waals surface area contributed by atoms with Crippen molar-refractivity contribution >= 4 is 37.3 Å². The maximum Gasteiger partial charge on any atom is 0.262 e. The van der Waals surface area contributed by atoms with Crippen molar-refractivity contribution in [2.75, 3.05) is 14.8 Å². The number of carbonyl (C=O) groups is 1. The summed E-state index contributed by atoms with van der Waals surface area (Å²) in [5.41, 5.74) is 2.69. The predicted octanol–water partition coefficient (Wildman–Crippen LogP) is 2.48. The molecule has 1 N–H and O–H groups in total. The quantitative estimate of drug-likeness (QED) is 0.838. The Balaban J connectivity index is 1.98. The molecule has 1 saturated heterocycles. The van der Waals surface area contributed by atoms with Crippen LogP contribution in [-0.2, 0) is 24.8 Å². The molecular formula is C18H20N2O5S2. The molecular weight excluding hydrogens is 388 g/mol. The Morgan fingerprint density at radius 1 is 1.00 bits per heavy atom. The molecule has 27 heavy (non-hydrogen) atoms. The van der Waals surface area contributed by atoms with Crippen molar-refractivity contribution in [3.05, 3.63) is 53.1 Å². The van der Waals surface area contributed by atoms with Crippen LogP contribution >= 0.6 is 0 Å². The second kappa shape index (κ2) is 6.65. The summed E-state index contributed by atoms with van der Waals surface area (Å²) in [4.78, 5) is 11.9. The van der Waals surface area contributed by atoms with Crippen LogP contribution in [0.3, 0.4) is 0 Å². The molecule has 1 aliphatic heterocycles. The molecule has 0 atom stereocenters. The first-order chi connectivity index (χ1) is 12.5. The molecule has 1 amide bonds. The van der Waals surface area contributed by atoms with E-state index in [2.05, 4.69) is 4.72 Å². The van der Waals surface area contributed by atoms with E-state index >= 15 is 0 Å². The van der Waals surface area contributed by atoms with Crippen molar-refractivity contribution in [3.8, 4) is 0 Å². The number of nitrogens with zero attached hydrogens (tertiary/aromatic N) is 1. The Morgan fingerprint density at radius 2 is 1.70 bits per heavy atom. The van der Waals surface area contributed by atoms with E-state index < -0.39 is 26.0 Å². The van der Waals surface area contributed by atoms with Gasteiger partial charge < -0.3 is 0 Å². The largest absolute Gasteiger partial charge is 0.279 e. The number of amides is 1. The van der Waals surface area contributed by atoms with Crippen LogP contribution in [0.1, 0.15) is 23.1 Å². The maximum atomic E-state index is 12.8. The fourth-order valence-electron chi connectivity index (χ4n) is 2.98. The molecule has 0 radical (unpaired) electrons. The van der Waals surface area contributed by atoms with Gasteiger partial charge in [-0.2, -0.15) is 0 Å². The number of carbonyl (C=O) groups excluding carboxylic acids is 1. The molecule has 0 saturated carbocycles. The van der Waals surface area contributed by atoms with Gasteiger partial charge in [0.05, 0.1) is 22.0 Å². The lowest BCUT2D eigenvalue weighted by Gasteiger charge is -2.17. The molecule has 0 aromatic heterocycles. The lowest BCUT2D eigenvalue weighted by molar-refractivity contribution is -0.116. The van der Waals surface area contributed by atoms with Gasteiger partial charge in [0.2, 0.25) is 15.9 Å². The molecule has 1 heterocycles. The van der Waals surface area contributed by atoms with E-state index in [1.165, 1.54) is 18.2 Å². The smallest absolute Gasteiger partial charge is 0.262 e. The van der Waals surface area contributed by atoms with Crippen molar-refractivity contribution < 1.29 is 21.6 Å². The van der Waals surface area contributed by atoms with Gasteiger partial charge in [0.25, 0.3) is 10.0 Å². The van der Waals surface area contributed by atoms with Gasteiger partial charge in [-0.25, -0.2) is 21.1 Å². The van der Waals surface area contributed by atoms with Gasteiger partial charge in [-0.1, -0.05) is 12.1 Å². The molecule has 0 bridgehead atoms. The van der Waals surface area contributed by atoms with Gasteiger partial charge in [-0.3, -0.25) is 9.52 Å². The van der Waals surface area contributed by atoms with Crippen LogP contribution in [-0.4, -0.2) is 28.5 Å². The van der Waals surface area contributed by atoms with E-state index in [1.807, 2.05) is 19.1 Å². The predicted molar refractivity (Wildman–Crippen MR) is 104 cm³/mol. The molecule has 0 spiro atoms. The van der Waals surface area contributed by atoms with E-state index in [0.29, 0.717) is 11.3 Å². The molecule has 3 rings (SSSR count). The number of sulfonamides is 2. The molecule has 7 nitrogen and oxygen atoms in total. The monoisotopic (exact) mass is 408 g/mol. The third-order valence-corrected chi connectivity index (χ3v) is 7.62. The highest BCUT2D eigenvalue weighted by molar-refractivity contribution is 7.94. The van der Waals surface area contributed by atoms with Gasteiger partial charge in [0.1, 0.15) is 0 Å². The zero-order chi connectivity index (χ0) is 20.0. The molecule has 0 aliphatic carbocycles. The first-order valence-electron chi connectivity index (χ1n) is 8.28. The molecule has 1 aliphatic rings. The molecule has 0 unspecified atom stereocenters. The van der Waals surface area contributed by atoms with E-state index in [9.17, 15) is 21.6 Å². The first kappa shape index (κ1) is 19.4. The fraction of sp³-hybridized carbons (Fsp3) is 0.278. The molecule has 144 valence electrons. The average Bonchev–Trinajstić information content (AvgIpc) is 2.83. The number of rotatable bonds is 4. The standard InChI is InChI=1S/C18H20N2O5S2/c1-12-4-5-13(2)16(10-12)19-27(24,25)17-7-6-15(11-14(17)3)20-18(21)8-9-26(20,22)23/h4-7,10-11,19H,8-9H2,1-3H3. The maximum absolute atomic E-state index is 12.8. The summed E-state index contributed by atoms with van der Waals surface area (Å²) >= 11 is 0. The fourth-order valence-corrected chi connectivity index (χ4v) is 5.78. The minimum Gasteiger partial charge on any atom is -0.279 e. The summed E-state index contributed by atoms with van der Waals surface area (Å²) in [6.07, 6.45) is -0.0738. The van der Waals surface area contributed by atoms with Crippen molar-refractivity contribution in [3.63, 3.8) is 0 Å². The van der Waals surface area contributed by atoms with Crippen molar-refractivity contribution in [2.24, 2.45) is 0 Å². The summed E-state index contributed by atoms with van der Waals surface area (Å²) in [6, 6.07) is 9.52. The normalized spacial score (nSPS) is 16.6. The highest BCUT2D eigenvalue weighted by Gasteiger charge is 2.36. The zero-order valence-electron chi connectivity index (χ0n) is 15.2. The second-order valence-electron chi connectivity index (χ2n) is 6.60. The van der Waals surface area contributed by atoms with Gasteiger partial charge in [0.15, 0.2) is 0 Å². The summed E-state index contributed by atoms with van der Waals surface area (Å²) in [5, 5.41) is 0. The first-order valence-corrected chi connectivity index (χ1v) is 11.4. The number of nitrogens with one attached hydrogen (secondary N) is 1. The lowest BCUT2D eigenvalue weighted by atomic mass is 10.1. The Labute approximate surface area is 159 Å². The molecule has 9 heteroatoms. The van der Waals surface area contributed by atoms with Gasteiger partial charge >= 0.3 is 0 Å². The Hall–Kier alpha value is -2.39. The van der Waals surface area contributed by atoms with Crippen LogP contribution < -0.4 is 9.03 Å². The van der Waals surface area contributed by atoms with Crippen LogP contribution in [0.4, 0.5) is 11.4 Å². The van der Waals surface area contributed by atoms with E-state index in [0.717, 1.165) is 15.4 Å². The number of hydrogen-bond acceptors (Lipinski definition) is 5. The highest BCUT2D eigenvalue weighted by Crippen LogP contribution is 2.29. The summed E-state index contributed by atoms with van der Waals surface area (Å²) in [7, 11) is -7.56. The number of aryl methyl sites for hydroxylation is 3. The third kappa shape index (κ3) is 3.70. The molecule has 1 fully saturated rings. The van der Waals surface area contributed by atoms with Crippen LogP contribution in [0, 0.1) is 20.8 Å². The van der Waals surface area contributed by atoms with E-state index in [4.69, 9.17) is 0 Å². The van der Waals surface area contributed by atoms with Gasteiger partial charge in [0, 0.05) is 6.42 Å². The van der Waals surface area contributed by atoms with Crippen molar-refractivity contribution in [1.82, 2.24) is 0 Å². The zero-order valence-corrected chi connectivity index (χ0v) is 16.8.